The van der Waals surface area contributed by atoms with E-state index in [-0.39, 0.29) is 4.90 Å². The maximum atomic E-state index is 12.6. The van der Waals surface area contributed by atoms with Crippen molar-refractivity contribution >= 4 is 21.5 Å². The molecule has 0 atom stereocenters. The summed E-state index contributed by atoms with van der Waals surface area (Å²) in [5, 5.41) is 0. The molecule has 0 bridgehead atoms. The molecule has 2 aromatic carbocycles. The molecule has 3 rings (SSSR count). The van der Waals surface area contributed by atoms with Gasteiger partial charge in [0.1, 0.15) is 5.84 Å². The van der Waals surface area contributed by atoms with Crippen LogP contribution in [0.5, 0.6) is 0 Å². The first-order valence-electron chi connectivity index (χ1n) is 8.53. The lowest BCUT2D eigenvalue weighted by molar-refractivity contribution is 0.374. The Hall–Kier alpha value is -2.34. The van der Waals surface area contributed by atoms with Crippen LogP contribution in [-0.4, -0.2) is 32.2 Å². The van der Waals surface area contributed by atoms with Gasteiger partial charge in [0, 0.05) is 25.2 Å². The highest BCUT2D eigenvalue weighted by Crippen LogP contribution is 2.19. The van der Waals surface area contributed by atoms with Gasteiger partial charge in [0.05, 0.1) is 4.90 Å². The summed E-state index contributed by atoms with van der Waals surface area (Å²) in [5.74, 6) is 0.666. The standard InChI is InChI=1S/C19H23N3O2S/c20-17-9-11-18(12-10-17)25(23,24)21-19-8-4-5-14-22(19)15-13-16-6-2-1-3-7-16/h1-3,6-7,9-12H,4-5,8,13-15,20H2/b21-19+. The molecule has 0 amide bonds. The van der Waals surface area contributed by atoms with Crippen LogP contribution in [0.1, 0.15) is 24.8 Å². The second kappa shape index (κ2) is 7.70. The van der Waals surface area contributed by atoms with Gasteiger partial charge in [-0.25, -0.2) is 0 Å². The van der Waals surface area contributed by atoms with Gasteiger partial charge < -0.3 is 10.6 Å². The fourth-order valence-electron chi connectivity index (χ4n) is 2.96. The Kier molecular flexibility index (Phi) is 5.38. The number of benzene rings is 2. The molecule has 6 heteroatoms. The van der Waals surface area contributed by atoms with Gasteiger partial charge in [-0.2, -0.15) is 8.42 Å². The first kappa shape index (κ1) is 17.5. The predicted octanol–water partition coefficient (Wildman–Crippen LogP) is 3.08. The second-order valence-electron chi connectivity index (χ2n) is 6.23. The Morgan fingerprint density at radius 1 is 1.00 bits per heavy atom. The average Bonchev–Trinajstić information content (AvgIpc) is 2.62. The van der Waals surface area contributed by atoms with Crippen molar-refractivity contribution < 1.29 is 8.42 Å². The highest BCUT2D eigenvalue weighted by Gasteiger charge is 2.21. The first-order chi connectivity index (χ1) is 12.0. The predicted molar refractivity (Wildman–Crippen MR) is 101 cm³/mol. The smallest absolute Gasteiger partial charge is 0.283 e. The molecule has 1 saturated heterocycles. The van der Waals surface area contributed by atoms with Crippen LogP contribution < -0.4 is 5.73 Å². The molecule has 0 radical (unpaired) electrons. The van der Waals surface area contributed by atoms with E-state index >= 15 is 0 Å². The summed E-state index contributed by atoms with van der Waals surface area (Å²) in [6.45, 7) is 1.63. The molecule has 0 saturated carbocycles. The van der Waals surface area contributed by atoms with Crippen LogP contribution in [0.15, 0.2) is 63.9 Å². The van der Waals surface area contributed by atoms with Crippen LogP contribution in [-0.2, 0) is 16.4 Å². The third kappa shape index (κ3) is 4.60. The molecule has 132 valence electrons. The summed E-state index contributed by atoms with van der Waals surface area (Å²) in [4.78, 5) is 2.29. The summed E-state index contributed by atoms with van der Waals surface area (Å²) in [6.07, 6.45) is 3.61. The molecule has 1 aliphatic rings. The van der Waals surface area contributed by atoms with Crippen LogP contribution in [0.4, 0.5) is 5.69 Å². The number of nitrogens with zero attached hydrogens (tertiary/aromatic N) is 2. The van der Waals surface area contributed by atoms with Gasteiger partial charge >= 0.3 is 0 Å². The fraction of sp³-hybridized carbons (Fsp3) is 0.316. The van der Waals surface area contributed by atoms with Gasteiger partial charge in [0.15, 0.2) is 0 Å². The normalized spacial score (nSPS) is 17.0. The monoisotopic (exact) mass is 357 g/mol. The van der Waals surface area contributed by atoms with E-state index in [0.29, 0.717) is 17.9 Å². The molecule has 1 aliphatic heterocycles. The fourth-order valence-corrected chi connectivity index (χ4v) is 4.03. The molecule has 2 aromatic rings. The van der Waals surface area contributed by atoms with E-state index in [1.165, 1.54) is 17.7 Å². The van der Waals surface area contributed by atoms with E-state index in [4.69, 9.17) is 5.73 Å². The topological polar surface area (TPSA) is 75.8 Å². The number of sulfonamides is 1. The number of likely N-dealkylation sites (tertiary alicyclic amines) is 1. The highest BCUT2D eigenvalue weighted by atomic mass is 32.2. The van der Waals surface area contributed by atoms with E-state index in [9.17, 15) is 8.42 Å². The van der Waals surface area contributed by atoms with Crippen molar-refractivity contribution in [1.82, 2.24) is 4.90 Å². The Morgan fingerprint density at radius 3 is 2.44 bits per heavy atom. The first-order valence-corrected chi connectivity index (χ1v) is 9.97. The number of hydrogen-bond acceptors (Lipinski definition) is 3. The van der Waals surface area contributed by atoms with Gasteiger partial charge in [0.2, 0.25) is 0 Å². The summed E-state index contributed by atoms with van der Waals surface area (Å²) < 4.78 is 29.3. The Balaban J connectivity index is 1.77. The van der Waals surface area contributed by atoms with Crippen molar-refractivity contribution in [3.63, 3.8) is 0 Å². The maximum Gasteiger partial charge on any atom is 0.283 e. The number of hydrogen-bond donors (Lipinski definition) is 1. The molecule has 5 nitrogen and oxygen atoms in total. The second-order valence-corrected chi connectivity index (χ2v) is 7.84. The molecule has 2 N–H and O–H groups in total. The molecule has 0 spiro atoms. The lowest BCUT2D eigenvalue weighted by Crippen LogP contribution is -2.37. The largest absolute Gasteiger partial charge is 0.399 e. The zero-order valence-corrected chi connectivity index (χ0v) is 15.0. The molecule has 0 aromatic heterocycles. The maximum absolute atomic E-state index is 12.6. The van der Waals surface area contributed by atoms with Crippen molar-refractivity contribution in [2.45, 2.75) is 30.6 Å². The molecular weight excluding hydrogens is 334 g/mol. The lowest BCUT2D eigenvalue weighted by Gasteiger charge is -2.30. The minimum Gasteiger partial charge on any atom is -0.399 e. The quantitative estimate of drug-likeness (QED) is 0.835. The molecule has 25 heavy (non-hydrogen) atoms. The van der Waals surface area contributed by atoms with Gasteiger partial charge in [0.25, 0.3) is 10.0 Å². The molecule has 1 heterocycles. The number of anilines is 1. The highest BCUT2D eigenvalue weighted by molar-refractivity contribution is 7.90. The van der Waals surface area contributed by atoms with E-state index in [1.807, 2.05) is 18.2 Å². The number of nitrogens with two attached hydrogens (primary N) is 1. The van der Waals surface area contributed by atoms with Crippen LogP contribution >= 0.6 is 0 Å². The van der Waals surface area contributed by atoms with E-state index in [1.54, 1.807) is 12.1 Å². The molecule has 0 unspecified atom stereocenters. The average molecular weight is 357 g/mol. The zero-order valence-electron chi connectivity index (χ0n) is 14.1. The van der Waals surface area contributed by atoms with E-state index in [0.717, 1.165) is 32.4 Å². The number of rotatable bonds is 5. The summed E-state index contributed by atoms with van der Waals surface area (Å²) >= 11 is 0. The van der Waals surface area contributed by atoms with Crippen LogP contribution in [0.25, 0.3) is 0 Å². The minimum atomic E-state index is -3.70. The van der Waals surface area contributed by atoms with Crippen LogP contribution in [0, 0.1) is 0 Å². The van der Waals surface area contributed by atoms with Crippen molar-refractivity contribution in [1.29, 1.82) is 0 Å². The van der Waals surface area contributed by atoms with Gasteiger partial charge in [-0.05, 0) is 49.1 Å². The number of amidine groups is 1. The Morgan fingerprint density at radius 2 is 1.72 bits per heavy atom. The van der Waals surface area contributed by atoms with Crippen molar-refractivity contribution in [2.24, 2.45) is 4.40 Å². The lowest BCUT2D eigenvalue weighted by atomic mass is 10.1. The summed E-state index contributed by atoms with van der Waals surface area (Å²) in [7, 11) is -3.70. The molecule has 0 aliphatic carbocycles. The number of piperidine rings is 1. The SMILES string of the molecule is Nc1ccc(S(=O)(=O)/N=C2\CCCCN2CCc2ccccc2)cc1. The Bertz CT molecular complexity index is 831. The van der Waals surface area contributed by atoms with E-state index < -0.39 is 10.0 Å². The third-order valence-electron chi connectivity index (χ3n) is 4.36. The zero-order chi connectivity index (χ0) is 17.7. The van der Waals surface area contributed by atoms with E-state index in [2.05, 4.69) is 21.4 Å². The third-order valence-corrected chi connectivity index (χ3v) is 5.68. The Labute approximate surface area is 149 Å². The van der Waals surface area contributed by atoms with Crippen LogP contribution in [0.2, 0.25) is 0 Å². The van der Waals surface area contributed by atoms with Gasteiger partial charge in [-0.1, -0.05) is 30.3 Å². The summed E-state index contributed by atoms with van der Waals surface area (Å²) in [5.41, 5.74) is 7.41. The number of nitrogen functional groups attached to an aromatic ring is 1. The van der Waals surface area contributed by atoms with Gasteiger partial charge in [-0.3, -0.25) is 0 Å². The molecular formula is C19H23N3O2S. The minimum absolute atomic E-state index is 0.183. The van der Waals surface area contributed by atoms with Crippen LogP contribution in [0.3, 0.4) is 0 Å². The van der Waals surface area contributed by atoms with Crippen molar-refractivity contribution in [2.75, 3.05) is 18.8 Å². The molecule has 1 fully saturated rings. The van der Waals surface area contributed by atoms with Crippen molar-refractivity contribution in [3.05, 3.63) is 60.2 Å². The summed E-state index contributed by atoms with van der Waals surface area (Å²) in [6, 6.07) is 16.4. The van der Waals surface area contributed by atoms with Crippen molar-refractivity contribution in [3.8, 4) is 0 Å². The van der Waals surface area contributed by atoms with Gasteiger partial charge in [-0.15, -0.1) is 4.40 Å².